The second kappa shape index (κ2) is 8.04. The highest BCUT2D eigenvalue weighted by Gasteiger charge is 2.31. The van der Waals surface area contributed by atoms with Gasteiger partial charge >= 0.3 is 0 Å². The van der Waals surface area contributed by atoms with Crippen LogP contribution < -0.4 is 9.88 Å². The van der Waals surface area contributed by atoms with Crippen LogP contribution in [-0.4, -0.2) is 21.0 Å². The second-order valence-corrected chi connectivity index (χ2v) is 7.75. The fraction of sp³-hybridized carbons (Fsp3) is 0.533. The first-order valence-corrected chi connectivity index (χ1v) is 8.48. The highest BCUT2D eigenvalue weighted by atomic mass is 35.5. The fourth-order valence-electron chi connectivity index (χ4n) is 2.35. The molecule has 0 saturated heterocycles. The summed E-state index contributed by atoms with van der Waals surface area (Å²) in [5.41, 5.74) is 0.539. The number of methoxy groups -OCH3 is 1. The molecule has 0 saturated carbocycles. The van der Waals surface area contributed by atoms with Gasteiger partial charge in [-0.15, -0.1) is 6.58 Å². The molecule has 1 heterocycles. The minimum absolute atomic E-state index is 0.0629. The zero-order valence-corrected chi connectivity index (χ0v) is 14.6. The van der Waals surface area contributed by atoms with Crippen LogP contribution in [0, 0.1) is 5.95 Å². The lowest BCUT2D eigenvalue weighted by molar-refractivity contribution is 0.391. The first kappa shape index (κ1) is 19.1. The van der Waals surface area contributed by atoms with Crippen LogP contribution in [0.25, 0.3) is 0 Å². The molecule has 4 nitrogen and oxygen atoms in total. The Morgan fingerprint density at radius 1 is 1.64 bits per heavy atom. The van der Waals surface area contributed by atoms with Crippen molar-refractivity contribution in [2.24, 2.45) is 5.14 Å². The molecule has 1 aromatic rings. The first-order valence-electron chi connectivity index (χ1n) is 6.89. The Bertz CT molecular complexity index is 567. The predicted molar refractivity (Wildman–Crippen MR) is 89.0 cm³/mol. The number of allylic oxidation sites excluding steroid dienone is 1. The molecule has 0 fully saturated rings. The van der Waals surface area contributed by atoms with Crippen molar-refractivity contribution in [3.8, 4) is 5.75 Å². The minimum atomic E-state index is -1.52. The summed E-state index contributed by atoms with van der Waals surface area (Å²) >= 11 is 6.11. The molecule has 1 rings (SSSR count). The van der Waals surface area contributed by atoms with Gasteiger partial charge in [-0.2, -0.15) is 4.39 Å². The Hall–Kier alpha value is -0.980. The van der Waals surface area contributed by atoms with Gasteiger partial charge < -0.3 is 4.74 Å². The molecule has 0 bridgehead atoms. The van der Waals surface area contributed by atoms with E-state index in [2.05, 4.69) is 11.6 Å². The van der Waals surface area contributed by atoms with E-state index in [4.69, 9.17) is 21.5 Å². The van der Waals surface area contributed by atoms with Crippen molar-refractivity contribution < 1.29 is 13.3 Å². The quantitative estimate of drug-likeness (QED) is 0.575. The van der Waals surface area contributed by atoms with Crippen LogP contribution in [0.2, 0.25) is 5.02 Å². The molecule has 0 aliphatic carbocycles. The normalized spacial score (nSPS) is 14.5. The summed E-state index contributed by atoms with van der Waals surface area (Å²) < 4.78 is 30.1. The molecule has 1 aromatic heterocycles. The Morgan fingerprint density at radius 2 is 2.27 bits per heavy atom. The average molecular weight is 349 g/mol. The lowest BCUT2D eigenvalue weighted by Crippen LogP contribution is -2.34. The first-order chi connectivity index (χ1) is 10.2. The van der Waals surface area contributed by atoms with Gasteiger partial charge in [-0.05, 0) is 39.0 Å². The van der Waals surface area contributed by atoms with Gasteiger partial charge in [0.25, 0.3) is 0 Å². The Kier molecular flexibility index (Phi) is 6.97. The third-order valence-electron chi connectivity index (χ3n) is 3.61. The van der Waals surface area contributed by atoms with Gasteiger partial charge in [0, 0.05) is 5.56 Å². The van der Waals surface area contributed by atoms with Crippen molar-refractivity contribution in [3.05, 3.63) is 35.4 Å². The number of nitrogens with two attached hydrogens (primary N) is 1. The molecular weight excluding hydrogens is 327 g/mol. The Morgan fingerprint density at radius 3 is 2.77 bits per heavy atom. The van der Waals surface area contributed by atoms with Gasteiger partial charge in [0.15, 0.2) is 0 Å². The van der Waals surface area contributed by atoms with Crippen molar-refractivity contribution in [1.82, 2.24) is 4.98 Å². The fourth-order valence-corrected chi connectivity index (χ4v) is 3.01. The summed E-state index contributed by atoms with van der Waals surface area (Å²) in [6, 6.07) is 0. The number of aromatic nitrogens is 1. The van der Waals surface area contributed by atoms with Crippen LogP contribution in [0.3, 0.4) is 0 Å². The molecule has 0 aliphatic rings. The van der Waals surface area contributed by atoms with Crippen LogP contribution in [0.4, 0.5) is 4.39 Å². The van der Waals surface area contributed by atoms with Crippen LogP contribution >= 0.6 is 11.6 Å². The van der Waals surface area contributed by atoms with Crippen molar-refractivity contribution in [1.29, 1.82) is 0 Å². The highest BCUT2D eigenvalue weighted by molar-refractivity contribution is 7.84. The molecule has 0 aliphatic heterocycles. The van der Waals surface area contributed by atoms with Crippen LogP contribution in [0.1, 0.15) is 44.6 Å². The lowest BCUT2D eigenvalue weighted by atomic mass is 9.86. The second-order valence-electron chi connectivity index (χ2n) is 5.67. The van der Waals surface area contributed by atoms with Gasteiger partial charge in [-0.25, -0.2) is 9.19 Å². The smallest absolute Gasteiger partial charge is 0.232 e. The van der Waals surface area contributed by atoms with E-state index >= 15 is 0 Å². The van der Waals surface area contributed by atoms with E-state index in [1.54, 1.807) is 6.08 Å². The monoisotopic (exact) mass is 348 g/mol. The Balaban J connectivity index is 3.30. The Labute approximate surface area is 138 Å². The molecule has 124 valence electrons. The molecular formula is C15H22ClFN2O2S. The van der Waals surface area contributed by atoms with E-state index in [0.717, 1.165) is 0 Å². The van der Waals surface area contributed by atoms with Gasteiger partial charge in [0.1, 0.15) is 10.8 Å². The van der Waals surface area contributed by atoms with E-state index in [1.807, 2.05) is 13.8 Å². The lowest BCUT2D eigenvalue weighted by Gasteiger charge is -2.29. The topological polar surface area (TPSA) is 65.2 Å². The van der Waals surface area contributed by atoms with Gasteiger partial charge in [-0.3, -0.25) is 5.14 Å². The van der Waals surface area contributed by atoms with Crippen molar-refractivity contribution in [3.63, 3.8) is 0 Å². The summed E-state index contributed by atoms with van der Waals surface area (Å²) in [7, 11) is -0.0377. The molecule has 7 heteroatoms. The molecule has 22 heavy (non-hydrogen) atoms. The number of nitrogens with zero attached hydrogens (tertiary/aromatic N) is 1. The molecule has 0 radical (unpaired) electrons. The maximum atomic E-state index is 13.8. The zero-order valence-electron chi connectivity index (χ0n) is 13.1. The van der Waals surface area contributed by atoms with Crippen LogP contribution in [-0.2, 0) is 11.0 Å². The van der Waals surface area contributed by atoms with E-state index < -0.39 is 21.7 Å². The molecule has 1 unspecified atom stereocenters. The summed E-state index contributed by atoms with van der Waals surface area (Å²) in [4.78, 5) is 3.58. The summed E-state index contributed by atoms with van der Waals surface area (Å²) in [5.74, 6) is -0.493. The standard InChI is InChI=1S/C15H22ClFN2O2S/c1-5-6-7-10(8-15(2,3)22(18)20)12-11(21-4)9-19-14(17)13(12)16/h5,9-10H,1,6-8,18H2,2-4H3/t10-,22?/m1/s1. The number of pyridine rings is 1. The SMILES string of the molecule is C=CCC[C@H](CC(C)(C)S(N)=O)c1c(OC)cnc(F)c1Cl. The predicted octanol–water partition coefficient (Wildman–Crippen LogP) is 3.72. The zero-order chi connectivity index (χ0) is 16.9. The largest absolute Gasteiger partial charge is 0.495 e. The number of ether oxygens (including phenoxy) is 1. The third kappa shape index (κ3) is 4.51. The third-order valence-corrected chi connectivity index (χ3v) is 5.22. The summed E-state index contributed by atoms with van der Waals surface area (Å²) in [6.07, 6.45) is 4.94. The minimum Gasteiger partial charge on any atom is -0.495 e. The average Bonchev–Trinajstić information content (AvgIpc) is 2.46. The molecule has 0 amide bonds. The molecule has 0 aromatic carbocycles. The van der Waals surface area contributed by atoms with Gasteiger partial charge in [-0.1, -0.05) is 17.7 Å². The summed E-state index contributed by atoms with van der Waals surface area (Å²) in [6.45, 7) is 7.32. The highest BCUT2D eigenvalue weighted by Crippen LogP contribution is 2.41. The summed E-state index contributed by atoms with van der Waals surface area (Å²) in [5, 5.41) is 5.50. The van der Waals surface area contributed by atoms with Crippen molar-refractivity contribution in [2.75, 3.05) is 7.11 Å². The van der Waals surface area contributed by atoms with Crippen molar-refractivity contribution in [2.45, 2.75) is 43.8 Å². The van der Waals surface area contributed by atoms with Crippen molar-refractivity contribution >= 4 is 22.6 Å². The van der Waals surface area contributed by atoms with Crippen LogP contribution in [0.15, 0.2) is 18.9 Å². The van der Waals surface area contributed by atoms with E-state index in [0.29, 0.717) is 30.6 Å². The molecule has 2 atom stereocenters. The van der Waals surface area contributed by atoms with E-state index in [9.17, 15) is 8.60 Å². The molecule has 2 N–H and O–H groups in total. The number of hydrogen-bond acceptors (Lipinski definition) is 3. The number of rotatable bonds is 8. The molecule has 0 spiro atoms. The van der Waals surface area contributed by atoms with E-state index in [1.165, 1.54) is 13.3 Å². The maximum Gasteiger partial charge on any atom is 0.232 e. The van der Waals surface area contributed by atoms with Gasteiger partial charge in [0.05, 0.1) is 29.0 Å². The number of halogens is 2. The van der Waals surface area contributed by atoms with E-state index in [-0.39, 0.29) is 10.9 Å². The van der Waals surface area contributed by atoms with Gasteiger partial charge in [0.2, 0.25) is 5.95 Å². The maximum absolute atomic E-state index is 13.8. The number of hydrogen-bond donors (Lipinski definition) is 1. The van der Waals surface area contributed by atoms with Crippen LogP contribution in [0.5, 0.6) is 5.75 Å².